The first kappa shape index (κ1) is 19.6. The number of aliphatic carboxylic acids is 1. The van der Waals surface area contributed by atoms with Gasteiger partial charge in [-0.05, 0) is 30.4 Å². The largest absolute Gasteiger partial charge is 0.481 e. The number of piperidine rings is 1. The van der Waals surface area contributed by atoms with Crippen molar-refractivity contribution in [1.29, 1.82) is 0 Å². The number of carboxylic acids is 1. The van der Waals surface area contributed by atoms with Crippen molar-refractivity contribution >= 4 is 11.8 Å². The van der Waals surface area contributed by atoms with Crippen LogP contribution in [0.2, 0.25) is 0 Å². The number of carbonyl (C=O) groups excluding carboxylic acids is 1. The van der Waals surface area contributed by atoms with E-state index in [2.05, 4.69) is 20.8 Å². The first-order valence-corrected chi connectivity index (χ1v) is 8.95. The number of benzene rings is 1. The summed E-state index contributed by atoms with van der Waals surface area (Å²) in [6, 6.07) is 7.80. The van der Waals surface area contributed by atoms with E-state index in [0.29, 0.717) is 38.9 Å². The summed E-state index contributed by atoms with van der Waals surface area (Å²) in [5.74, 6) is -1.56. The highest BCUT2D eigenvalue weighted by Gasteiger charge is 2.32. The van der Waals surface area contributed by atoms with Crippen LogP contribution in [0, 0.1) is 5.92 Å². The fourth-order valence-electron chi connectivity index (χ4n) is 3.22. The van der Waals surface area contributed by atoms with E-state index in [-0.39, 0.29) is 11.2 Å². The summed E-state index contributed by atoms with van der Waals surface area (Å²) < 4.78 is 0. The van der Waals surface area contributed by atoms with Gasteiger partial charge in [-0.3, -0.25) is 9.59 Å². The van der Waals surface area contributed by atoms with Gasteiger partial charge in [0, 0.05) is 25.1 Å². The molecule has 2 rings (SSSR count). The van der Waals surface area contributed by atoms with Gasteiger partial charge >= 0.3 is 5.97 Å². The lowest BCUT2D eigenvalue weighted by molar-refractivity contribution is -0.148. The summed E-state index contributed by atoms with van der Waals surface area (Å²) in [6.07, 6.45) is 0.851. The molecule has 1 heterocycles. The molecule has 0 bridgehead atoms. The molecular formula is C20H29NO4. The Morgan fingerprint density at radius 2 is 1.84 bits per heavy atom. The number of hydrogen-bond acceptors (Lipinski definition) is 4. The molecule has 0 saturated carbocycles. The van der Waals surface area contributed by atoms with Gasteiger partial charge < -0.3 is 15.1 Å². The Kier molecular flexibility index (Phi) is 6.36. The fraction of sp³-hybridized carbons (Fsp3) is 0.600. The summed E-state index contributed by atoms with van der Waals surface area (Å²) in [7, 11) is 0. The first-order chi connectivity index (χ1) is 11.7. The molecule has 5 nitrogen and oxygen atoms in total. The van der Waals surface area contributed by atoms with E-state index in [4.69, 9.17) is 5.11 Å². The number of aliphatic hydroxyl groups is 1. The van der Waals surface area contributed by atoms with Gasteiger partial charge in [-0.25, -0.2) is 0 Å². The van der Waals surface area contributed by atoms with Crippen molar-refractivity contribution in [2.45, 2.75) is 51.6 Å². The minimum Gasteiger partial charge on any atom is -0.481 e. The zero-order valence-corrected chi connectivity index (χ0v) is 15.4. The van der Waals surface area contributed by atoms with Gasteiger partial charge in [0.05, 0.1) is 12.0 Å². The lowest BCUT2D eigenvalue weighted by Crippen LogP contribution is -2.46. The Bertz CT molecular complexity index is 603. The number of rotatable bonds is 6. The van der Waals surface area contributed by atoms with Gasteiger partial charge in [-0.2, -0.15) is 0 Å². The molecule has 0 spiro atoms. The predicted octanol–water partition coefficient (Wildman–Crippen LogP) is 2.71. The van der Waals surface area contributed by atoms with Crippen molar-refractivity contribution in [3.63, 3.8) is 0 Å². The quantitative estimate of drug-likeness (QED) is 0.774. The average Bonchev–Trinajstić information content (AvgIpc) is 2.55. The first-order valence-electron chi connectivity index (χ1n) is 8.95. The average molecular weight is 347 g/mol. The second kappa shape index (κ2) is 8.11. The molecule has 138 valence electrons. The normalized spacial score (nSPS) is 21.9. The second-order valence-corrected chi connectivity index (χ2v) is 7.96. The Morgan fingerprint density at radius 1 is 1.20 bits per heavy atom. The lowest BCUT2D eigenvalue weighted by Gasteiger charge is -2.33. The van der Waals surface area contributed by atoms with Gasteiger partial charge in [-0.15, -0.1) is 0 Å². The van der Waals surface area contributed by atoms with Crippen LogP contribution < -0.4 is 0 Å². The van der Waals surface area contributed by atoms with Crippen LogP contribution in [0.5, 0.6) is 0 Å². The Morgan fingerprint density at radius 3 is 2.40 bits per heavy atom. The van der Waals surface area contributed by atoms with Gasteiger partial charge in [-0.1, -0.05) is 45.0 Å². The Hall–Kier alpha value is -1.72. The number of likely N-dealkylation sites (tertiary alicyclic amines) is 1. The summed E-state index contributed by atoms with van der Waals surface area (Å²) in [5, 5.41) is 18.9. The second-order valence-electron chi connectivity index (χ2n) is 7.96. The van der Waals surface area contributed by atoms with E-state index >= 15 is 0 Å². The number of carboxylic acid groups (broad SMARTS) is 1. The van der Waals surface area contributed by atoms with Gasteiger partial charge in [0.15, 0.2) is 5.78 Å². The smallest absolute Gasteiger partial charge is 0.310 e. The van der Waals surface area contributed by atoms with E-state index in [9.17, 15) is 14.7 Å². The Balaban J connectivity index is 1.81. The molecular weight excluding hydrogens is 318 g/mol. The molecule has 0 amide bonds. The third-order valence-corrected chi connectivity index (χ3v) is 4.93. The molecule has 1 aliphatic heterocycles. The molecule has 1 fully saturated rings. The highest BCUT2D eigenvalue weighted by molar-refractivity contribution is 5.96. The van der Waals surface area contributed by atoms with Crippen LogP contribution in [0.3, 0.4) is 0 Å². The number of carbonyl (C=O) groups is 2. The SMILES string of the molecule is CC(C)(C)c1ccc(C(=O)CCCN2CC[C@H](O)[C@@H](C(=O)O)C2)cc1. The monoisotopic (exact) mass is 347 g/mol. The number of ketones is 1. The predicted molar refractivity (Wildman–Crippen MR) is 96.9 cm³/mol. The highest BCUT2D eigenvalue weighted by Crippen LogP contribution is 2.23. The molecule has 1 aromatic carbocycles. The topological polar surface area (TPSA) is 77.8 Å². The molecule has 1 saturated heterocycles. The van der Waals surface area contributed by atoms with Crippen LogP contribution in [0.25, 0.3) is 0 Å². The maximum Gasteiger partial charge on any atom is 0.310 e. The third-order valence-electron chi connectivity index (χ3n) is 4.93. The van der Waals surface area contributed by atoms with Gasteiger partial charge in [0.25, 0.3) is 0 Å². The van der Waals surface area contributed by atoms with Gasteiger partial charge in [0.1, 0.15) is 0 Å². The fourth-order valence-corrected chi connectivity index (χ4v) is 3.22. The van der Waals surface area contributed by atoms with E-state index in [1.807, 2.05) is 29.2 Å². The molecule has 2 N–H and O–H groups in total. The van der Waals surface area contributed by atoms with E-state index in [1.165, 1.54) is 5.56 Å². The summed E-state index contributed by atoms with van der Waals surface area (Å²) in [4.78, 5) is 25.5. The molecule has 25 heavy (non-hydrogen) atoms. The minimum absolute atomic E-state index is 0.0705. The van der Waals surface area contributed by atoms with Crippen molar-refractivity contribution in [3.8, 4) is 0 Å². The number of aliphatic hydroxyl groups excluding tert-OH is 1. The zero-order valence-electron chi connectivity index (χ0n) is 15.4. The molecule has 0 aliphatic carbocycles. The maximum atomic E-state index is 12.3. The van der Waals surface area contributed by atoms with Crippen molar-refractivity contribution in [2.24, 2.45) is 5.92 Å². The third kappa shape index (κ3) is 5.38. The van der Waals surface area contributed by atoms with Crippen LogP contribution in [0.1, 0.15) is 56.0 Å². The van der Waals surface area contributed by atoms with E-state index in [1.54, 1.807) is 0 Å². The van der Waals surface area contributed by atoms with Crippen LogP contribution in [0.4, 0.5) is 0 Å². The summed E-state index contributed by atoms with van der Waals surface area (Å²) in [6.45, 7) is 8.14. The molecule has 1 aliphatic rings. The summed E-state index contributed by atoms with van der Waals surface area (Å²) >= 11 is 0. The van der Waals surface area contributed by atoms with Crippen LogP contribution in [-0.2, 0) is 10.2 Å². The standard InChI is InChI=1S/C20H29NO4/c1-20(2,3)15-8-6-14(7-9-15)17(22)5-4-11-21-12-10-18(23)16(13-21)19(24)25/h6-9,16,18,23H,4-5,10-13H2,1-3H3,(H,24,25)/t16-,18-/m0/s1. The van der Waals surface area contributed by atoms with Crippen molar-refractivity contribution in [2.75, 3.05) is 19.6 Å². The summed E-state index contributed by atoms with van der Waals surface area (Å²) in [5.41, 5.74) is 2.00. The molecule has 1 aromatic rings. The van der Waals surface area contributed by atoms with E-state index < -0.39 is 18.0 Å². The maximum absolute atomic E-state index is 12.3. The van der Waals surface area contributed by atoms with Crippen LogP contribution in [-0.4, -0.2) is 52.6 Å². The lowest BCUT2D eigenvalue weighted by atomic mass is 9.86. The van der Waals surface area contributed by atoms with Crippen LogP contribution >= 0.6 is 0 Å². The molecule has 0 unspecified atom stereocenters. The number of hydrogen-bond donors (Lipinski definition) is 2. The number of Topliss-reactive ketones (excluding diaryl/α,β-unsaturated/α-hetero) is 1. The molecule has 0 aromatic heterocycles. The minimum atomic E-state index is -0.952. The Labute approximate surface area is 149 Å². The molecule has 0 radical (unpaired) electrons. The zero-order chi connectivity index (χ0) is 18.6. The van der Waals surface area contributed by atoms with Gasteiger partial charge in [0.2, 0.25) is 0 Å². The van der Waals surface area contributed by atoms with Crippen molar-refractivity contribution in [1.82, 2.24) is 4.90 Å². The van der Waals surface area contributed by atoms with Crippen molar-refractivity contribution in [3.05, 3.63) is 35.4 Å². The molecule has 2 atom stereocenters. The highest BCUT2D eigenvalue weighted by atomic mass is 16.4. The van der Waals surface area contributed by atoms with Crippen molar-refractivity contribution < 1.29 is 19.8 Å². The van der Waals surface area contributed by atoms with E-state index in [0.717, 1.165) is 5.56 Å². The number of nitrogens with zero attached hydrogens (tertiary/aromatic N) is 1. The molecule has 5 heteroatoms. The van der Waals surface area contributed by atoms with Crippen LogP contribution in [0.15, 0.2) is 24.3 Å².